The fourth-order valence-corrected chi connectivity index (χ4v) is 3.25. The maximum absolute atomic E-state index is 4.59. The van der Waals surface area contributed by atoms with Crippen LogP contribution in [0.25, 0.3) is 11.1 Å². The Bertz CT molecular complexity index is 598. The summed E-state index contributed by atoms with van der Waals surface area (Å²) >= 11 is 0. The van der Waals surface area contributed by atoms with Gasteiger partial charge < -0.3 is 0 Å². The molecule has 0 aromatic heterocycles. The van der Waals surface area contributed by atoms with Gasteiger partial charge in [0.05, 0.1) is 0 Å². The Kier molecular flexibility index (Phi) is 10.5. The number of hydrogen-bond donors (Lipinski definition) is 0. The van der Waals surface area contributed by atoms with Crippen LogP contribution in [0, 0.1) is 0 Å². The van der Waals surface area contributed by atoms with E-state index in [-0.39, 0.29) is 0 Å². The van der Waals surface area contributed by atoms with Crippen molar-refractivity contribution in [3.63, 3.8) is 0 Å². The van der Waals surface area contributed by atoms with E-state index >= 15 is 0 Å². The molecule has 0 unspecified atom stereocenters. The Morgan fingerprint density at radius 2 is 1.15 bits per heavy atom. The van der Waals surface area contributed by atoms with Crippen LogP contribution in [0.3, 0.4) is 0 Å². The van der Waals surface area contributed by atoms with Crippen LogP contribution in [0.2, 0.25) is 0 Å². The van der Waals surface area contributed by atoms with Gasteiger partial charge in [-0.05, 0) is 23.1 Å². The average molecular weight is 350 g/mol. The number of benzene rings is 2. The van der Waals surface area contributed by atoms with E-state index in [1.54, 1.807) is 0 Å². The summed E-state index contributed by atoms with van der Waals surface area (Å²) < 4.78 is 0. The normalized spacial score (nSPS) is 11.3. The van der Waals surface area contributed by atoms with Crippen LogP contribution in [0.15, 0.2) is 59.6 Å². The zero-order valence-corrected chi connectivity index (χ0v) is 16.5. The summed E-state index contributed by atoms with van der Waals surface area (Å²) in [6.07, 6.45) is 15.8. The van der Waals surface area contributed by atoms with E-state index in [4.69, 9.17) is 0 Å². The number of nitrogens with zero attached hydrogens (tertiary/aromatic N) is 1. The molecule has 1 heteroatoms. The van der Waals surface area contributed by atoms with Gasteiger partial charge in [0.2, 0.25) is 0 Å². The van der Waals surface area contributed by atoms with E-state index in [0.717, 1.165) is 6.54 Å². The van der Waals surface area contributed by atoms with Gasteiger partial charge in [-0.2, -0.15) is 0 Å². The van der Waals surface area contributed by atoms with Gasteiger partial charge in [0.1, 0.15) is 0 Å². The summed E-state index contributed by atoms with van der Waals surface area (Å²) in [5.41, 5.74) is 3.72. The van der Waals surface area contributed by atoms with Crippen molar-refractivity contribution in [1.29, 1.82) is 0 Å². The Morgan fingerprint density at radius 3 is 1.77 bits per heavy atom. The molecule has 2 aromatic carbocycles. The van der Waals surface area contributed by atoms with Gasteiger partial charge in [-0.25, -0.2) is 0 Å². The molecule has 0 saturated carbocycles. The summed E-state index contributed by atoms with van der Waals surface area (Å²) in [6, 6.07) is 19.2. The second-order valence-corrected chi connectivity index (χ2v) is 7.21. The Labute approximate surface area is 160 Å². The lowest BCUT2D eigenvalue weighted by Crippen LogP contribution is -1.87. The summed E-state index contributed by atoms with van der Waals surface area (Å²) in [6.45, 7) is 3.24. The molecule has 0 radical (unpaired) electrons. The first kappa shape index (κ1) is 20.4. The maximum Gasteiger partial charge on any atom is 0.0389 e. The third kappa shape index (κ3) is 8.47. The quantitative estimate of drug-likeness (QED) is 0.259. The molecule has 2 rings (SSSR count). The molecular formula is C25H35N. The topological polar surface area (TPSA) is 12.4 Å². The molecule has 0 amide bonds. The zero-order chi connectivity index (χ0) is 18.3. The smallest absolute Gasteiger partial charge is 0.0389 e. The largest absolute Gasteiger partial charge is 0.293 e. The molecule has 0 bridgehead atoms. The van der Waals surface area contributed by atoms with E-state index in [1.807, 2.05) is 6.21 Å². The zero-order valence-electron chi connectivity index (χ0n) is 16.5. The third-order valence-electron chi connectivity index (χ3n) is 4.90. The minimum absolute atomic E-state index is 0.955. The van der Waals surface area contributed by atoms with Crippen LogP contribution < -0.4 is 0 Å². The number of hydrogen-bond acceptors (Lipinski definition) is 1. The Balaban J connectivity index is 1.54. The molecule has 140 valence electrons. The summed E-state index contributed by atoms with van der Waals surface area (Å²) in [5, 5.41) is 0. The predicted molar refractivity (Wildman–Crippen MR) is 116 cm³/mol. The molecule has 2 aromatic rings. The molecule has 0 spiro atoms. The van der Waals surface area contributed by atoms with E-state index < -0.39 is 0 Å². The van der Waals surface area contributed by atoms with Gasteiger partial charge >= 0.3 is 0 Å². The molecule has 0 aliphatic carbocycles. The third-order valence-corrected chi connectivity index (χ3v) is 4.90. The molecule has 0 aliphatic rings. The number of aliphatic imine (C=N–C) groups is 1. The lowest BCUT2D eigenvalue weighted by atomic mass is 10.0. The van der Waals surface area contributed by atoms with Crippen LogP contribution in [0.5, 0.6) is 0 Å². The number of rotatable bonds is 13. The number of unbranched alkanes of at least 4 members (excludes halogenated alkanes) is 9. The SMILES string of the molecule is CCCCCCCCCCCCN=Cc1ccc(-c2ccccc2)cc1. The molecule has 0 aliphatic heterocycles. The van der Waals surface area contributed by atoms with Crippen LogP contribution in [0.1, 0.15) is 76.7 Å². The second kappa shape index (κ2) is 13.3. The van der Waals surface area contributed by atoms with E-state index in [1.165, 1.54) is 80.9 Å². The van der Waals surface area contributed by atoms with Crippen molar-refractivity contribution in [3.8, 4) is 11.1 Å². The van der Waals surface area contributed by atoms with Crippen LogP contribution in [0.4, 0.5) is 0 Å². The standard InChI is InChI=1S/C25H35N/c1-2-3-4-5-6-7-8-9-10-14-21-26-22-23-17-19-25(20-18-23)24-15-12-11-13-16-24/h11-13,15-20,22H,2-10,14,21H2,1H3. The Morgan fingerprint density at radius 1 is 0.615 bits per heavy atom. The molecule has 0 fully saturated rings. The van der Waals surface area contributed by atoms with Gasteiger partial charge in [-0.3, -0.25) is 4.99 Å². The molecule has 26 heavy (non-hydrogen) atoms. The minimum atomic E-state index is 0.955. The van der Waals surface area contributed by atoms with Crippen molar-refractivity contribution in [3.05, 3.63) is 60.2 Å². The van der Waals surface area contributed by atoms with Crippen LogP contribution >= 0.6 is 0 Å². The minimum Gasteiger partial charge on any atom is -0.293 e. The monoisotopic (exact) mass is 349 g/mol. The summed E-state index contributed by atoms with van der Waals surface area (Å²) in [7, 11) is 0. The molecule has 0 N–H and O–H groups in total. The van der Waals surface area contributed by atoms with Crippen molar-refractivity contribution in [2.24, 2.45) is 4.99 Å². The first-order valence-electron chi connectivity index (χ1n) is 10.6. The first-order chi connectivity index (χ1) is 12.9. The maximum atomic E-state index is 4.59. The lowest BCUT2D eigenvalue weighted by molar-refractivity contribution is 0.558. The van der Waals surface area contributed by atoms with Gasteiger partial charge in [-0.1, -0.05) is 119 Å². The average Bonchev–Trinajstić information content (AvgIpc) is 2.70. The summed E-state index contributed by atoms with van der Waals surface area (Å²) in [5.74, 6) is 0. The van der Waals surface area contributed by atoms with E-state index in [0.29, 0.717) is 0 Å². The second-order valence-electron chi connectivity index (χ2n) is 7.21. The van der Waals surface area contributed by atoms with Crippen LogP contribution in [-0.2, 0) is 0 Å². The van der Waals surface area contributed by atoms with Gasteiger partial charge in [0.15, 0.2) is 0 Å². The van der Waals surface area contributed by atoms with E-state index in [2.05, 4.69) is 66.5 Å². The fraction of sp³-hybridized carbons (Fsp3) is 0.480. The summed E-state index contributed by atoms with van der Waals surface area (Å²) in [4.78, 5) is 4.59. The molecule has 1 nitrogen and oxygen atoms in total. The first-order valence-corrected chi connectivity index (χ1v) is 10.6. The van der Waals surface area contributed by atoms with Gasteiger partial charge in [-0.15, -0.1) is 0 Å². The van der Waals surface area contributed by atoms with Gasteiger partial charge in [0, 0.05) is 12.8 Å². The highest BCUT2D eigenvalue weighted by molar-refractivity contribution is 5.81. The van der Waals surface area contributed by atoms with Crippen molar-refractivity contribution in [2.75, 3.05) is 6.54 Å². The van der Waals surface area contributed by atoms with E-state index in [9.17, 15) is 0 Å². The molecular weight excluding hydrogens is 314 g/mol. The predicted octanol–water partition coefficient (Wildman–Crippen LogP) is 7.69. The highest BCUT2D eigenvalue weighted by Crippen LogP contribution is 2.18. The van der Waals surface area contributed by atoms with Crippen LogP contribution in [-0.4, -0.2) is 12.8 Å². The lowest BCUT2D eigenvalue weighted by Gasteiger charge is -2.02. The molecule has 0 saturated heterocycles. The van der Waals surface area contributed by atoms with Gasteiger partial charge in [0.25, 0.3) is 0 Å². The van der Waals surface area contributed by atoms with Crippen molar-refractivity contribution in [2.45, 2.75) is 71.1 Å². The highest BCUT2D eigenvalue weighted by atomic mass is 14.7. The van der Waals surface area contributed by atoms with Crippen molar-refractivity contribution >= 4 is 6.21 Å². The molecule has 0 heterocycles. The molecule has 0 atom stereocenters. The fourth-order valence-electron chi connectivity index (χ4n) is 3.25. The Hall–Kier alpha value is -1.89. The van der Waals surface area contributed by atoms with Crippen molar-refractivity contribution in [1.82, 2.24) is 0 Å². The van der Waals surface area contributed by atoms with Crippen molar-refractivity contribution < 1.29 is 0 Å². The highest BCUT2D eigenvalue weighted by Gasteiger charge is 1.96.